The number of halogens is 4. The number of carbonyl (C=O) groups is 1. The number of hydrogen-bond acceptors (Lipinski definition) is 4. The third kappa shape index (κ3) is 4.47. The van der Waals surface area contributed by atoms with Gasteiger partial charge in [-0.25, -0.2) is 13.9 Å². The average molecular weight is 426 g/mol. The normalized spacial score (nSPS) is 12.4. The minimum atomic E-state index is -4.63. The lowest BCUT2D eigenvalue weighted by atomic mass is 10.1. The smallest absolute Gasteiger partial charge is 0.350 e. The Labute approximate surface area is 168 Å². The van der Waals surface area contributed by atoms with Gasteiger partial charge < -0.3 is 5.32 Å². The molecule has 0 radical (unpaired) electrons. The lowest BCUT2D eigenvalue weighted by molar-refractivity contribution is -0.138. The second-order valence-electron chi connectivity index (χ2n) is 6.28. The number of nitrogens with zero attached hydrogens (tertiary/aromatic N) is 3. The van der Waals surface area contributed by atoms with Crippen molar-refractivity contribution in [3.63, 3.8) is 0 Å². The van der Waals surface area contributed by atoms with E-state index in [0.717, 1.165) is 17.4 Å². The summed E-state index contributed by atoms with van der Waals surface area (Å²) in [6.07, 6.45) is -0.640. The molecule has 0 fully saturated rings. The quantitative estimate of drug-likeness (QED) is 0.449. The molecular formula is C19H18F4N4OS. The van der Waals surface area contributed by atoms with Crippen molar-refractivity contribution in [3.8, 4) is 11.3 Å². The van der Waals surface area contributed by atoms with E-state index >= 15 is 0 Å². The molecule has 2 heterocycles. The fourth-order valence-corrected chi connectivity index (χ4v) is 3.55. The summed E-state index contributed by atoms with van der Waals surface area (Å²) in [5, 5.41) is 5.30. The van der Waals surface area contributed by atoms with Crippen LogP contribution in [0.5, 0.6) is 0 Å². The van der Waals surface area contributed by atoms with E-state index in [9.17, 15) is 22.4 Å². The van der Waals surface area contributed by atoms with Gasteiger partial charge in [0, 0.05) is 17.7 Å². The summed E-state index contributed by atoms with van der Waals surface area (Å²) >= 11 is 0.351. The van der Waals surface area contributed by atoms with Crippen molar-refractivity contribution >= 4 is 28.3 Å². The number of fused-ring (bicyclic) bond motifs is 1. The van der Waals surface area contributed by atoms with E-state index in [1.807, 2.05) is 13.8 Å². The first-order valence-corrected chi connectivity index (χ1v) is 9.76. The van der Waals surface area contributed by atoms with Crippen molar-refractivity contribution in [2.24, 2.45) is 0 Å². The topological polar surface area (TPSA) is 59.3 Å². The lowest BCUT2D eigenvalue weighted by Gasteiger charge is -2.12. The number of alkyl halides is 3. The average Bonchev–Trinajstić information content (AvgIpc) is 3.23. The minimum Gasteiger partial charge on any atom is -0.350 e. The predicted molar refractivity (Wildman–Crippen MR) is 103 cm³/mol. The van der Waals surface area contributed by atoms with Gasteiger partial charge >= 0.3 is 6.18 Å². The van der Waals surface area contributed by atoms with Crippen LogP contribution in [0.15, 0.2) is 30.3 Å². The molecule has 1 aromatic carbocycles. The van der Waals surface area contributed by atoms with Gasteiger partial charge in [0.05, 0.1) is 5.69 Å². The molecule has 0 unspecified atom stereocenters. The number of imidazole rings is 1. The van der Waals surface area contributed by atoms with E-state index in [1.165, 1.54) is 30.4 Å². The fraction of sp³-hybridized carbons (Fsp3) is 0.316. The van der Waals surface area contributed by atoms with E-state index < -0.39 is 22.9 Å². The third-order valence-electron chi connectivity index (χ3n) is 4.33. The molecule has 0 atom stereocenters. The lowest BCUT2D eigenvalue weighted by Crippen LogP contribution is -2.32. The highest BCUT2D eigenvalue weighted by Crippen LogP contribution is 2.35. The zero-order valence-corrected chi connectivity index (χ0v) is 16.4. The molecule has 1 amide bonds. The number of aromatic nitrogens is 3. The molecule has 154 valence electrons. The monoisotopic (exact) mass is 426 g/mol. The number of carbonyl (C=O) groups excluding carboxylic acids is 1. The summed E-state index contributed by atoms with van der Waals surface area (Å²) in [5.41, 5.74) is 0.317. The maximum absolute atomic E-state index is 14.3. The fourth-order valence-electron chi connectivity index (χ4n) is 2.78. The van der Waals surface area contributed by atoms with Crippen molar-refractivity contribution in [2.45, 2.75) is 38.9 Å². The Morgan fingerprint density at radius 1 is 1.28 bits per heavy atom. The van der Waals surface area contributed by atoms with E-state index in [0.29, 0.717) is 11.3 Å². The van der Waals surface area contributed by atoms with Gasteiger partial charge in [-0.05, 0) is 31.1 Å². The first kappa shape index (κ1) is 21.0. The highest BCUT2D eigenvalue weighted by Gasteiger charge is 2.36. The van der Waals surface area contributed by atoms with Crippen molar-refractivity contribution in [1.82, 2.24) is 19.9 Å². The largest absolute Gasteiger partial charge is 0.445 e. The molecule has 0 aliphatic rings. The van der Waals surface area contributed by atoms with Crippen LogP contribution in [-0.4, -0.2) is 26.5 Å². The second-order valence-corrected chi connectivity index (χ2v) is 7.24. The minimum absolute atomic E-state index is 0.0141. The molecule has 3 rings (SSSR count). The number of benzene rings is 1. The Morgan fingerprint density at radius 3 is 2.59 bits per heavy atom. The first-order valence-electron chi connectivity index (χ1n) is 8.94. The summed E-state index contributed by atoms with van der Waals surface area (Å²) in [4.78, 5) is 16.3. The summed E-state index contributed by atoms with van der Waals surface area (Å²) in [5.74, 6) is -0.982. The van der Waals surface area contributed by atoms with Gasteiger partial charge in [0.2, 0.25) is 15.9 Å². The summed E-state index contributed by atoms with van der Waals surface area (Å²) in [6, 6.07) is 5.77. The van der Waals surface area contributed by atoms with Gasteiger partial charge in [-0.3, -0.25) is 4.79 Å². The summed E-state index contributed by atoms with van der Waals surface area (Å²) in [6.45, 7) is 3.87. The highest BCUT2D eigenvalue weighted by molar-refractivity contribution is 7.16. The van der Waals surface area contributed by atoms with E-state index in [2.05, 4.69) is 15.4 Å². The highest BCUT2D eigenvalue weighted by atomic mass is 32.1. The zero-order valence-electron chi connectivity index (χ0n) is 15.6. The molecule has 0 aliphatic carbocycles. The molecule has 0 saturated heterocycles. The molecule has 5 nitrogen and oxygen atoms in total. The predicted octanol–water partition coefficient (Wildman–Crippen LogP) is 4.93. The maximum atomic E-state index is 14.3. The molecule has 3 aromatic rings. The maximum Gasteiger partial charge on any atom is 0.445 e. The van der Waals surface area contributed by atoms with Gasteiger partial charge in [0.1, 0.15) is 11.5 Å². The van der Waals surface area contributed by atoms with Gasteiger partial charge in [0.15, 0.2) is 0 Å². The van der Waals surface area contributed by atoms with E-state index in [-0.39, 0.29) is 28.0 Å². The molecule has 0 aliphatic heterocycles. The summed E-state index contributed by atoms with van der Waals surface area (Å²) in [7, 11) is 0. The van der Waals surface area contributed by atoms with Crippen molar-refractivity contribution in [3.05, 3.63) is 46.9 Å². The molecule has 0 saturated carbocycles. The second kappa shape index (κ2) is 8.32. The van der Waals surface area contributed by atoms with Crippen LogP contribution in [0.2, 0.25) is 0 Å². The van der Waals surface area contributed by atoms with Crippen molar-refractivity contribution in [1.29, 1.82) is 0 Å². The standard InChI is InChI=1S/C19H18F4N4OS/c1-3-11(4-2)24-15(28)10-9-14-16(12-7-5-6-8-13(12)20)25-18-27(14)26-17(29-18)19(21,22)23/h5-11H,3-4H2,1-2H3,(H,24,28). The van der Waals surface area contributed by atoms with E-state index in [4.69, 9.17) is 0 Å². The van der Waals surface area contributed by atoms with E-state index in [1.54, 1.807) is 6.07 Å². The molecule has 2 aromatic heterocycles. The number of nitrogens with one attached hydrogen (secondary N) is 1. The van der Waals surface area contributed by atoms with Crippen LogP contribution in [0.4, 0.5) is 17.6 Å². The Kier molecular flexibility index (Phi) is 6.02. The summed E-state index contributed by atoms with van der Waals surface area (Å²) < 4.78 is 54.3. The Morgan fingerprint density at radius 2 is 1.97 bits per heavy atom. The van der Waals surface area contributed by atoms with Crippen LogP contribution in [-0.2, 0) is 11.0 Å². The molecule has 1 N–H and O–H groups in total. The zero-order chi connectivity index (χ0) is 21.2. The van der Waals surface area contributed by atoms with Crippen LogP contribution in [0.25, 0.3) is 22.3 Å². The van der Waals surface area contributed by atoms with Crippen molar-refractivity contribution in [2.75, 3.05) is 0 Å². The molecular weight excluding hydrogens is 408 g/mol. The first-order chi connectivity index (χ1) is 13.7. The van der Waals surface area contributed by atoms with Crippen LogP contribution in [0.3, 0.4) is 0 Å². The molecule has 29 heavy (non-hydrogen) atoms. The number of amides is 1. The van der Waals surface area contributed by atoms with Crippen LogP contribution >= 0.6 is 11.3 Å². The third-order valence-corrected chi connectivity index (χ3v) is 5.29. The Balaban J connectivity index is 2.07. The van der Waals surface area contributed by atoms with Crippen LogP contribution < -0.4 is 5.32 Å². The molecule has 0 bridgehead atoms. The van der Waals surface area contributed by atoms with Gasteiger partial charge in [0.25, 0.3) is 0 Å². The van der Waals surface area contributed by atoms with Gasteiger partial charge in [-0.1, -0.05) is 37.3 Å². The van der Waals surface area contributed by atoms with Gasteiger partial charge in [-0.15, -0.1) is 5.10 Å². The number of hydrogen-bond donors (Lipinski definition) is 1. The Hall–Kier alpha value is -2.75. The van der Waals surface area contributed by atoms with Gasteiger partial charge in [-0.2, -0.15) is 13.2 Å². The van der Waals surface area contributed by atoms with Crippen LogP contribution in [0.1, 0.15) is 37.4 Å². The number of rotatable bonds is 6. The van der Waals surface area contributed by atoms with Crippen LogP contribution in [0, 0.1) is 5.82 Å². The Bertz CT molecular complexity index is 1050. The van der Waals surface area contributed by atoms with Crippen molar-refractivity contribution < 1.29 is 22.4 Å². The molecule has 10 heteroatoms. The molecule has 0 spiro atoms. The SMILES string of the molecule is CCC(CC)NC(=O)C=Cc1c(-c2ccccc2F)nc2sc(C(F)(F)F)nn12.